The SMILES string of the molecule is CCC(Nc1cc(F)c(Oc2ccc([N+](=O)[O-])cn2)cc1F)C(=O)OC. The van der Waals surface area contributed by atoms with E-state index in [2.05, 4.69) is 15.0 Å². The summed E-state index contributed by atoms with van der Waals surface area (Å²) >= 11 is 0. The first-order valence-electron chi connectivity index (χ1n) is 7.47. The fourth-order valence-corrected chi connectivity index (χ4v) is 2.03. The number of hydrogen-bond acceptors (Lipinski definition) is 7. The lowest BCUT2D eigenvalue weighted by atomic mass is 10.2. The first kappa shape index (κ1) is 19.0. The highest BCUT2D eigenvalue weighted by Crippen LogP contribution is 2.29. The molecule has 0 bridgehead atoms. The van der Waals surface area contributed by atoms with Crippen molar-refractivity contribution >= 4 is 17.3 Å². The van der Waals surface area contributed by atoms with Crippen LogP contribution in [-0.2, 0) is 9.53 Å². The minimum atomic E-state index is -0.909. The van der Waals surface area contributed by atoms with Gasteiger partial charge in [-0.2, -0.15) is 0 Å². The molecule has 1 aromatic carbocycles. The number of pyridine rings is 1. The van der Waals surface area contributed by atoms with Crippen LogP contribution < -0.4 is 10.1 Å². The van der Waals surface area contributed by atoms with Crippen LogP contribution in [0.25, 0.3) is 0 Å². The molecule has 0 radical (unpaired) electrons. The van der Waals surface area contributed by atoms with Crippen LogP contribution in [0.1, 0.15) is 13.3 Å². The van der Waals surface area contributed by atoms with E-state index in [0.29, 0.717) is 6.42 Å². The van der Waals surface area contributed by atoms with Crippen molar-refractivity contribution in [2.24, 2.45) is 0 Å². The van der Waals surface area contributed by atoms with E-state index in [9.17, 15) is 23.7 Å². The number of nitro groups is 1. The molecule has 1 aromatic heterocycles. The molecule has 1 heterocycles. The van der Waals surface area contributed by atoms with E-state index in [4.69, 9.17) is 4.74 Å². The third-order valence-corrected chi connectivity index (χ3v) is 3.39. The van der Waals surface area contributed by atoms with E-state index in [1.807, 2.05) is 0 Å². The van der Waals surface area contributed by atoms with Crippen LogP contribution >= 0.6 is 0 Å². The number of halogens is 2. The Hall–Kier alpha value is -3.30. The largest absolute Gasteiger partial charge is 0.467 e. The normalized spacial score (nSPS) is 11.5. The number of hydrogen-bond donors (Lipinski definition) is 1. The maximum Gasteiger partial charge on any atom is 0.328 e. The van der Waals surface area contributed by atoms with Crippen molar-refractivity contribution in [3.8, 4) is 11.6 Å². The van der Waals surface area contributed by atoms with Crippen LogP contribution in [0.15, 0.2) is 30.5 Å². The Bertz CT molecular complexity index is 814. The molecular formula is C16H15F2N3O5. The lowest BCUT2D eigenvalue weighted by Crippen LogP contribution is -2.30. The summed E-state index contributed by atoms with van der Waals surface area (Å²) in [7, 11) is 1.19. The van der Waals surface area contributed by atoms with Gasteiger partial charge in [-0.05, 0) is 6.42 Å². The highest BCUT2D eigenvalue weighted by molar-refractivity contribution is 5.79. The first-order valence-corrected chi connectivity index (χ1v) is 7.47. The fraction of sp³-hybridized carbons (Fsp3) is 0.250. The Labute approximate surface area is 146 Å². The average molecular weight is 367 g/mol. The molecule has 0 aliphatic carbocycles. The summed E-state index contributed by atoms with van der Waals surface area (Å²) in [4.78, 5) is 25.1. The van der Waals surface area contributed by atoms with Crippen LogP contribution in [0.4, 0.5) is 20.2 Å². The molecule has 0 fully saturated rings. The highest BCUT2D eigenvalue weighted by Gasteiger charge is 2.20. The van der Waals surface area contributed by atoms with E-state index in [1.165, 1.54) is 7.11 Å². The van der Waals surface area contributed by atoms with Gasteiger partial charge in [0.2, 0.25) is 5.88 Å². The topological polar surface area (TPSA) is 104 Å². The van der Waals surface area contributed by atoms with Crippen molar-refractivity contribution in [2.75, 3.05) is 12.4 Å². The van der Waals surface area contributed by atoms with Crippen molar-refractivity contribution in [3.63, 3.8) is 0 Å². The number of esters is 1. The zero-order valence-corrected chi connectivity index (χ0v) is 13.9. The smallest absolute Gasteiger partial charge is 0.328 e. The summed E-state index contributed by atoms with van der Waals surface area (Å²) in [5.74, 6) is -2.97. The summed E-state index contributed by atoms with van der Waals surface area (Å²) in [6.07, 6.45) is 1.24. The zero-order chi connectivity index (χ0) is 19.3. The number of nitrogens with zero attached hydrogens (tertiary/aromatic N) is 2. The van der Waals surface area contributed by atoms with Crippen LogP contribution in [0, 0.1) is 21.7 Å². The van der Waals surface area contributed by atoms with Gasteiger partial charge in [0.05, 0.1) is 17.7 Å². The second-order valence-corrected chi connectivity index (χ2v) is 5.10. The van der Waals surface area contributed by atoms with Gasteiger partial charge >= 0.3 is 5.97 Å². The number of carbonyl (C=O) groups is 1. The monoisotopic (exact) mass is 367 g/mol. The van der Waals surface area contributed by atoms with E-state index in [1.54, 1.807) is 6.92 Å². The maximum atomic E-state index is 14.2. The summed E-state index contributed by atoms with van der Waals surface area (Å²) in [6, 6.07) is 3.06. The Morgan fingerprint density at radius 3 is 2.62 bits per heavy atom. The van der Waals surface area contributed by atoms with Gasteiger partial charge in [-0.15, -0.1) is 0 Å². The predicted molar refractivity (Wildman–Crippen MR) is 87.0 cm³/mol. The predicted octanol–water partition coefficient (Wildman–Crippen LogP) is 3.42. The van der Waals surface area contributed by atoms with Gasteiger partial charge in [0.1, 0.15) is 18.1 Å². The number of methoxy groups -OCH3 is 1. The lowest BCUT2D eigenvalue weighted by molar-refractivity contribution is -0.385. The van der Waals surface area contributed by atoms with E-state index in [-0.39, 0.29) is 17.3 Å². The van der Waals surface area contributed by atoms with Crippen molar-refractivity contribution in [1.29, 1.82) is 0 Å². The van der Waals surface area contributed by atoms with Crippen molar-refractivity contribution in [3.05, 3.63) is 52.2 Å². The van der Waals surface area contributed by atoms with Crippen molar-refractivity contribution in [1.82, 2.24) is 4.98 Å². The molecule has 2 aromatic rings. The zero-order valence-electron chi connectivity index (χ0n) is 13.9. The van der Waals surface area contributed by atoms with Gasteiger partial charge in [0, 0.05) is 24.3 Å². The van der Waals surface area contributed by atoms with E-state index in [0.717, 1.165) is 30.5 Å². The summed E-state index contributed by atoms with van der Waals surface area (Å²) in [6.45, 7) is 1.68. The molecule has 8 nitrogen and oxygen atoms in total. The van der Waals surface area contributed by atoms with Gasteiger partial charge in [-0.25, -0.2) is 18.6 Å². The Balaban J connectivity index is 2.20. The summed E-state index contributed by atoms with van der Waals surface area (Å²) in [5.41, 5.74) is -0.499. The first-order chi connectivity index (χ1) is 12.3. The maximum absolute atomic E-state index is 14.2. The molecule has 0 spiro atoms. The second kappa shape index (κ2) is 8.19. The van der Waals surface area contributed by atoms with Crippen LogP contribution in [0.5, 0.6) is 11.6 Å². The van der Waals surface area contributed by atoms with Crippen molar-refractivity contribution in [2.45, 2.75) is 19.4 Å². The number of rotatable bonds is 7. The number of carbonyl (C=O) groups excluding carboxylic acids is 1. The molecular weight excluding hydrogens is 352 g/mol. The quantitative estimate of drug-likeness (QED) is 0.454. The molecule has 26 heavy (non-hydrogen) atoms. The molecule has 138 valence electrons. The number of aromatic nitrogens is 1. The van der Waals surface area contributed by atoms with Gasteiger partial charge in [-0.3, -0.25) is 10.1 Å². The molecule has 0 saturated carbocycles. The molecule has 2 rings (SSSR count). The molecule has 1 unspecified atom stereocenters. The highest BCUT2D eigenvalue weighted by atomic mass is 19.1. The molecule has 0 aliphatic heterocycles. The minimum absolute atomic E-state index is 0.143. The number of ether oxygens (including phenoxy) is 2. The fourth-order valence-electron chi connectivity index (χ4n) is 2.03. The van der Waals surface area contributed by atoms with Crippen LogP contribution in [0.3, 0.4) is 0 Å². The minimum Gasteiger partial charge on any atom is -0.467 e. The Morgan fingerprint density at radius 2 is 2.08 bits per heavy atom. The molecule has 10 heteroatoms. The Kier molecular flexibility index (Phi) is 5.99. The van der Waals surface area contributed by atoms with E-state index >= 15 is 0 Å². The van der Waals surface area contributed by atoms with Gasteiger partial charge < -0.3 is 14.8 Å². The second-order valence-electron chi connectivity index (χ2n) is 5.10. The molecule has 0 amide bonds. The summed E-state index contributed by atoms with van der Waals surface area (Å²) < 4.78 is 38.1. The molecule has 1 atom stereocenters. The Morgan fingerprint density at radius 1 is 1.35 bits per heavy atom. The average Bonchev–Trinajstić information content (AvgIpc) is 2.63. The van der Waals surface area contributed by atoms with Crippen LogP contribution in [-0.4, -0.2) is 29.0 Å². The number of nitrogens with one attached hydrogen (secondary N) is 1. The number of benzene rings is 1. The third kappa shape index (κ3) is 4.41. The van der Waals surface area contributed by atoms with Gasteiger partial charge in [0.15, 0.2) is 11.6 Å². The molecule has 0 aliphatic rings. The summed E-state index contributed by atoms with van der Waals surface area (Å²) in [5, 5.41) is 13.1. The third-order valence-electron chi connectivity index (χ3n) is 3.39. The standard InChI is InChI=1S/C16H15F2N3O5/c1-3-12(16(22)25-2)20-13-6-11(18)14(7-10(13)17)26-15-5-4-9(8-19-15)21(23)24/h4-8,12,20H,3H2,1-2H3. The van der Waals surface area contributed by atoms with Gasteiger partial charge in [0.25, 0.3) is 5.69 Å². The van der Waals surface area contributed by atoms with Crippen LogP contribution in [0.2, 0.25) is 0 Å². The van der Waals surface area contributed by atoms with Crippen molar-refractivity contribution < 1.29 is 28.0 Å². The lowest BCUT2D eigenvalue weighted by Gasteiger charge is -2.17. The molecule has 1 N–H and O–H groups in total. The molecule has 0 saturated heterocycles. The number of anilines is 1. The van der Waals surface area contributed by atoms with E-state index < -0.39 is 34.3 Å². The van der Waals surface area contributed by atoms with Gasteiger partial charge in [-0.1, -0.05) is 6.92 Å².